The van der Waals surface area contributed by atoms with Gasteiger partial charge in [0.1, 0.15) is 5.75 Å². The molecule has 0 amide bonds. The van der Waals surface area contributed by atoms with Gasteiger partial charge in [0.15, 0.2) is 5.82 Å². The maximum Gasteiger partial charge on any atom is 0.257 e. The predicted octanol–water partition coefficient (Wildman–Crippen LogP) is 5.37. The van der Waals surface area contributed by atoms with Crippen molar-refractivity contribution in [2.75, 3.05) is 20.2 Å². The van der Waals surface area contributed by atoms with Gasteiger partial charge >= 0.3 is 0 Å². The number of methoxy groups -OCH3 is 1. The fourth-order valence-electron chi connectivity index (χ4n) is 4.20. The first-order chi connectivity index (χ1) is 14.8. The van der Waals surface area contributed by atoms with Crippen LogP contribution in [0.5, 0.6) is 5.75 Å². The number of aryl methyl sites for hydroxylation is 1. The number of benzene rings is 2. The standard InChI is InChI=1S/C25H31N3O2/c1-29-23-13-11-22(12-14-23)25-26-24(27-30-25)10-6-5-7-20-15-17-28(18-16-20)19-21-8-3-2-4-9-21/h2-4,8-9,11-14,20H,5-7,10,15-19H2,1H3. The Hall–Kier alpha value is -2.66. The molecule has 1 fully saturated rings. The van der Waals surface area contributed by atoms with Gasteiger partial charge in [-0.2, -0.15) is 4.98 Å². The molecule has 30 heavy (non-hydrogen) atoms. The Kier molecular flexibility index (Phi) is 7.14. The quantitative estimate of drug-likeness (QED) is 0.448. The Morgan fingerprint density at radius 1 is 1.00 bits per heavy atom. The summed E-state index contributed by atoms with van der Waals surface area (Å²) in [6.45, 7) is 3.52. The van der Waals surface area contributed by atoms with Gasteiger partial charge in [0, 0.05) is 18.5 Å². The summed E-state index contributed by atoms with van der Waals surface area (Å²) < 4.78 is 10.6. The van der Waals surface area contributed by atoms with Crippen LogP contribution < -0.4 is 4.74 Å². The van der Waals surface area contributed by atoms with Crippen molar-refractivity contribution in [3.05, 3.63) is 66.0 Å². The summed E-state index contributed by atoms with van der Waals surface area (Å²) in [4.78, 5) is 7.13. The summed E-state index contributed by atoms with van der Waals surface area (Å²) in [6.07, 6.45) is 7.17. The van der Waals surface area contributed by atoms with E-state index in [-0.39, 0.29) is 0 Å². The zero-order chi connectivity index (χ0) is 20.6. The molecule has 158 valence electrons. The average Bonchev–Trinajstić information content (AvgIpc) is 3.27. The van der Waals surface area contributed by atoms with Gasteiger partial charge in [0.25, 0.3) is 5.89 Å². The van der Waals surface area contributed by atoms with Gasteiger partial charge in [-0.3, -0.25) is 4.90 Å². The van der Waals surface area contributed by atoms with Gasteiger partial charge < -0.3 is 9.26 Å². The Labute approximate surface area is 179 Å². The van der Waals surface area contributed by atoms with Crippen LogP contribution in [0, 0.1) is 5.92 Å². The molecule has 1 aliphatic heterocycles. The fraction of sp³-hybridized carbons (Fsp3) is 0.440. The Morgan fingerprint density at radius 3 is 2.50 bits per heavy atom. The monoisotopic (exact) mass is 405 g/mol. The van der Waals surface area contributed by atoms with E-state index < -0.39 is 0 Å². The highest BCUT2D eigenvalue weighted by Gasteiger charge is 2.19. The fourth-order valence-corrected chi connectivity index (χ4v) is 4.20. The van der Waals surface area contributed by atoms with Crippen molar-refractivity contribution in [1.82, 2.24) is 15.0 Å². The van der Waals surface area contributed by atoms with E-state index >= 15 is 0 Å². The molecular weight excluding hydrogens is 374 g/mol. The molecule has 0 N–H and O–H groups in total. The molecule has 2 aromatic carbocycles. The third kappa shape index (κ3) is 5.70. The largest absolute Gasteiger partial charge is 0.497 e. The van der Waals surface area contributed by atoms with Crippen LogP contribution in [0.4, 0.5) is 0 Å². The second-order valence-corrected chi connectivity index (χ2v) is 8.20. The average molecular weight is 406 g/mol. The zero-order valence-corrected chi connectivity index (χ0v) is 17.8. The highest BCUT2D eigenvalue weighted by molar-refractivity contribution is 5.54. The zero-order valence-electron chi connectivity index (χ0n) is 17.8. The Morgan fingerprint density at radius 2 is 1.77 bits per heavy atom. The van der Waals surface area contributed by atoms with Gasteiger partial charge in [-0.1, -0.05) is 48.3 Å². The van der Waals surface area contributed by atoms with E-state index in [0.717, 1.165) is 42.4 Å². The van der Waals surface area contributed by atoms with E-state index in [4.69, 9.17) is 9.26 Å². The van der Waals surface area contributed by atoms with Crippen LogP contribution in [0.1, 0.15) is 43.5 Å². The molecule has 0 aliphatic carbocycles. The Balaban J connectivity index is 1.14. The molecular formula is C25H31N3O2. The number of rotatable bonds is 9. The minimum absolute atomic E-state index is 0.582. The van der Waals surface area contributed by atoms with Gasteiger partial charge in [-0.05, 0) is 68.1 Å². The molecule has 0 spiro atoms. The lowest BCUT2D eigenvalue weighted by atomic mass is 9.91. The van der Waals surface area contributed by atoms with E-state index in [1.54, 1.807) is 7.11 Å². The van der Waals surface area contributed by atoms with Crippen molar-refractivity contribution in [3.8, 4) is 17.2 Å². The van der Waals surface area contributed by atoms with Crippen molar-refractivity contribution in [2.24, 2.45) is 5.92 Å². The molecule has 1 saturated heterocycles. The highest BCUT2D eigenvalue weighted by atomic mass is 16.5. The van der Waals surface area contributed by atoms with Crippen molar-refractivity contribution in [1.29, 1.82) is 0 Å². The number of ether oxygens (including phenoxy) is 1. The molecule has 0 unspecified atom stereocenters. The van der Waals surface area contributed by atoms with E-state index in [2.05, 4.69) is 45.4 Å². The molecule has 4 rings (SSSR count). The molecule has 2 heterocycles. The van der Waals surface area contributed by atoms with Crippen molar-refractivity contribution >= 4 is 0 Å². The molecule has 5 nitrogen and oxygen atoms in total. The van der Waals surface area contributed by atoms with E-state index in [9.17, 15) is 0 Å². The second kappa shape index (κ2) is 10.4. The lowest BCUT2D eigenvalue weighted by molar-refractivity contribution is 0.170. The smallest absolute Gasteiger partial charge is 0.257 e. The van der Waals surface area contributed by atoms with Crippen LogP contribution in [-0.4, -0.2) is 35.2 Å². The number of piperidine rings is 1. The molecule has 1 aliphatic rings. The van der Waals surface area contributed by atoms with E-state index in [0.29, 0.717) is 5.89 Å². The second-order valence-electron chi connectivity index (χ2n) is 8.20. The van der Waals surface area contributed by atoms with E-state index in [1.165, 1.54) is 44.3 Å². The first-order valence-corrected chi connectivity index (χ1v) is 11.0. The van der Waals surface area contributed by atoms with Crippen LogP contribution in [-0.2, 0) is 13.0 Å². The number of nitrogens with zero attached hydrogens (tertiary/aromatic N) is 3. The molecule has 0 bridgehead atoms. The van der Waals surface area contributed by atoms with Gasteiger partial charge in [0.2, 0.25) is 0 Å². The van der Waals surface area contributed by atoms with Crippen molar-refractivity contribution in [2.45, 2.75) is 45.1 Å². The molecule has 0 radical (unpaired) electrons. The first-order valence-electron chi connectivity index (χ1n) is 11.0. The van der Waals surface area contributed by atoms with Gasteiger partial charge in [0.05, 0.1) is 7.11 Å². The van der Waals surface area contributed by atoms with Crippen molar-refractivity contribution < 1.29 is 9.26 Å². The van der Waals surface area contributed by atoms with Crippen LogP contribution in [0.25, 0.3) is 11.5 Å². The highest BCUT2D eigenvalue weighted by Crippen LogP contribution is 2.25. The number of likely N-dealkylation sites (tertiary alicyclic amines) is 1. The SMILES string of the molecule is COc1ccc(-c2nc(CCCCC3CCN(Cc4ccccc4)CC3)no2)cc1. The molecule has 0 atom stereocenters. The number of hydrogen-bond donors (Lipinski definition) is 0. The Bertz CT molecular complexity index is 884. The molecule has 1 aromatic heterocycles. The summed E-state index contributed by atoms with van der Waals surface area (Å²) in [5, 5.41) is 4.15. The minimum Gasteiger partial charge on any atom is -0.497 e. The van der Waals surface area contributed by atoms with Crippen LogP contribution >= 0.6 is 0 Å². The summed E-state index contributed by atoms with van der Waals surface area (Å²) >= 11 is 0. The number of unbranched alkanes of at least 4 members (excludes halogenated alkanes) is 1. The number of hydrogen-bond acceptors (Lipinski definition) is 5. The molecule has 3 aromatic rings. The third-order valence-corrected chi connectivity index (χ3v) is 6.02. The van der Waals surface area contributed by atoms with Gasteiger partial charge in [-0.15, -0.1) is 0 Å². The van der Waals surface area contributed by atoms with Gasteiger partial charge in [-0.25, -0.2) is 0 Å². The summed E-state index contributed by atoms with van der Waals surface area (Å²) in [6, 6.07) is 18.5. The summed E-state index contributed by atoms with van der Waals surface area (Å²) in [5.74, 6) is 3.07. The minimum atomic E-state index is 0.582. The molecule has 5 heteroatoms. The van der Waals surface area contributed by atoms with Crippen LogP contribution in [0.2, 0.25) is 0 Å². The summed E-state index contributed by atoms with van der Waals surface area (Å²) in [7, 11) is 1.66. The van der Waals surface area contributed by atoms with Crippen molar-refractivity contribution in [3.63, 3.8) is 0 Å². The lowest BCUT2D eigenvalue weighted by Gasteiger charge is -2.32. The molecule has 0 saturated carbocycles. The lowest BCUT2D eigenvalue weighted by Crippen LogP contribution is -2.33. The summed E-state index contributed by atoms with van der Waals surface area (Å²) in [5.41, 5.74) is 2.35. The third-order valence-electron chi connectivity index (χ3n) is 6.02. The van der Waals surface area contributed by atoms with Crippen LogP contribution in [0.15, 0.2) is 59.1 Å². The van der Waals surface area contributed by atoms with E-state index in [1.807, 2.05) is 24.3 Å². The normalized spacial score (nSPS) is 15.4. The van der Waals surface area contributed by atoms with Crippen LogP contribution in [0.3, 0.4) is 0 Å². The predicted molar refractivity (Wildman–Crippen MR) is 118 cm³/mol. The first kappa shape index (κ1) is 20.6. The maximum absolute atomic E-state index is 5.42. The topological polar surface area (TPSA) is 51.4 Å². The number of aromatic nitrogens is 2. The maximum atomic E-state index is 5.42.